The van der Waals surface area contributed by atoms with E-state index in [2.05, 4.69) is 32.7 Å². The van der Waals surface area contributed by atoms with Crippen molar-refractivity contribution in [2.24, 2.45) is 5.92 Å². The van der Waals surface area contributed by atoms with Gasteiger partial charge in [0.05, 0.1) is 18.7 Å². The van der Waals surface area contributed by atoms with Crippen molar-refractivity contribution in [1.29, 1.82) is 0 Å². The van der Waals surface area contributed by atoms with Gasteiger partial charge < -0.3 is 20.3 Å². The maximum Gasteiger partial charge on any atom is 0.251 e. The van der Waals surface area contributed by atoms with E-state index >= 15 is 0 Å². The quantitative estimate of drug-likeness (QED) is 0.641. The fourth-order valence-electron chi connectivity index (χ4n) is 3.29. The van der Waals surface area contributed by atoms with E-state index in [4.69, 9.17) is 0 Å². The Morgan fingerprint density at radius 1 is 1.30 bits per heavy atom. The number of hydrogen-bond acceptors (Lipinski definition) is 6. The van der Waals surface area contributed by atoms with Crippen molar-refractivity contribution in [2.45, 2.75) is 51.4 Å². The lowest BCUT2D eigenvalue weighted by Crippen LogP contribution is -2.40. The van der Waals surface area contributed by atoms with Gasteiger partial charge in [-0.15, -0.1) is 10.2 Å². The van der Waals surface area contributed by atoms with Crippen LogP contribution in [0.15, 0.2) is 30.9 Å². The highest BCUT2D eigenvalue weighted by atomic mass is 16.3. The van der Waals surface area contributed by atoms with Crippen LogP contribution in [0.4, 0.5) is 0 Å². The highest BCUT2D eigenvalue weighted by Crippen LogP contribution is 2.26. The highest BCUT2D eigenvalue weighted by molar-refractivity contribution is 5.94. The molecule has 0 unspecified atom stereocenters. The number of nitrogens with zero attached hydrogens (tertiary/aromatic N) is 4. The molecule has 0 aliphatic heterocycles. The standard InChI is InChI=1S/C18H24N6O3/c1-2-7-24-11-21-23-16(24)10-20-17(26)13-8-14(15(25)9-13)22-18(27)12-3-5-19-6-4-12/h3-6,11,13-15,25H,2,7-10H2,1H3,(H,20,26)(H,22,27)/t13-,14+,15+/m0/s1. The summed E-state index contributed by atoms with van der Waals surface area (Å²) in [7, 11) is 0. The van der Waals surface area contributed by atoms with Crippen molar-refractivity contribution < 1.29 is 14.7 Å². The topological polar surface area (TPSA) is 122 Å². The summed E-state index contributed by atoms with van der Waals surface area (Å²) in [5.74, 6) is -0.0903. The number of aryl methyl sites for hydroxylation is 1. The number of carbonyl (C=O) groups is 2. The number of carbonyl (C=O) groups excluding carboxylic acids is 2. The molecule has 9 heteroatoms. The molecule has 3 atom stereocenters. The smallest absolute Gasteiger partial charge is 0.251 e. The number of pyridine rings is 1. The summed E-state index contributed by atoms with van der Waals surface area (Å²) >= 11 is 0. The van der Waals surface area contributed by atoms with Crippen LogP contribution in [-0.4, -0.2) is 48.8 Å². The minimum atomic E-state index is -0.754. The molecule has 0 bridgehead atoms. The Labute approximate surface area is 157 Å². The van der Waals surface area contributed by atoms with Crippen LogP contribution in [0.5, 0.6) is 0 Å². The summed E-state index contributed by atoms with van der Waals surface area (Å²) in [6.07, 6.45) is 5.62. The van der Waals surface area contributed by atoms with E-state index in [1.54, 1.807) is 18.5 Å². The molecule has 0 radical (unpaired) electrons. The van der Waals surface area contributed by atoms with Gasteiger partial charge in [-0.25, -0.2) is 0 Å². The predicted octanol–water partition coefficient (Wildman–Crippen LogP) is 0.269. The van der Waals surface area contributed by atoms with Crippen molar-refractivity contribution in [3.8, 4) is 0 Å². The molecule has 3 rings (SSSR count). The third-order valence-corrected chi connectivity index (χ3v) is 4.74. The van der Waals surface area contributed by atoms with Crippen molar-refractivity contribution in [3.63, 3.8) is 0 Å². The Morgan fingerprint density at radius 2 is 2.07 bits per heavy atom. The molecular weight excluding hydrogens is 348 g/mol. The number of rotatable bonds is 7. The summed E-state index contributed by atoms with van der Waals surface area (Å²) in [6, 6.07) is 2.76. The molecule has 2 aromatic rings. The molecule has 2 aromatic heterocycles. The second-order valence-corrected chi connectivity index (χ2v) is 6.71. The van der Waals surface area contributed by atoms with Gasteiger partial charge in [-0.05, 0) is 31.4 Å². The molecule has 144 valence electrons. The number of nitrogens with one attached hydrogen (secondary N) is 2. The molecule has 2 heterocycles. The minimum absolute atomic E-state index is 0.152. The van der Waals surface area contributed by atoms with E-state index in [1.165, 1.54) is 12.4 Å². The summed E-state index contributed by atoms with van der Waals surface area (Å²) in [5.41, 5.74) is 0.473. The van der Waals surface area contributed by atoms with Gasteiger partial charge in [-0.1, -0.05) is 6.92 Å². The largest absolute Gasteiger partial charge is 0.391 e. The van der Waals surface area contributed by atoms with Gasteiger partial charge in [0.15, 0.2) is 5.82 Å². The van der Waals surface area contributed by atoms with Crippen molar-refractivity contribution in [2.75, 3.05) is 0 Å². The zero-order valence-corrected chi connectivity index (χ0v) is 15.2. The number of aliphatic hydroxyl groups is 1. The molecule has 27 heavy (non-hydrogen) atoms. The number of amides is 2. The summed E-state index contributed by atoms with van der Waals surface area (Å²) in [6.45, 7) is 3.14. The van der Waals surface area contributed by atoms with Crippen LogP contribution < -0.4 is 10.6 Å². The monoisotopic (exact) mass is 372 g/mol. The zero-order chi connectivity index (χ0) is 19.2. The molecule has 1 saturated carbocycles. The Hall–Kier alpha value is -2.81. The van der Waals surface area contributed by atoms with Gasteiger partial charge in [-0.3, -0.25) is 14.6 Å². The van der Waals surface area contributed by atoms with E-state index in [9.17, 15) is 14.7 Å². The van der Waals surface area contributed by atoms with Crippen LogP contribution in [0.1, 0.15) is 42.4 Å². The molecular formula is C18H24N6O3. The molecule has 3 N–H and O–H groups in total. The molecule has 0 spiro atoms. The molecule has 1 fully saturated rings. The van der Waals surface area contributed by atoms with Crippen LogP contribution >= 0.6 is 0 Å². The summed E-state index contributed by atoms with van der Waals surface area (Å²) < 4.78 is 1.90. The van der Waals surface area contributed by atoms with Gasteiger partial charge in [0.1, 0.15) is 6.33 Å². The summed E-state index contributed by atoms with van der Waals surface area (Å²) in [5, 5.41) is 23.8. The maximum absolute atomic E-state index is 12.5. The molecule has 1 aliphatic rings. The van der Waals surface area contributed by atoms with E-state index < -0.39 is 12.1 Å². The SMILES string of the molecule is CCCn1cnnc1CNC(=O)[C@@H]1C[C@@H](O)[C@H](NC(=O)c2ccncc2)C1. The first kappa shape index (κ1) is 19.0. The van der Waals surface area contributed by atoms with Gasteiger partial charge >= 0.3 is 0 Å². The van der Waals surface area contributed by atoms with E-state index in [-0.39, 0.29) is 17.7 Å². The van der Waals surface area contributed by atoms with Crippen LogP contribution in [0, 0.1) is 5.92 Å². The molecule has 2 amide bonds. The Bertz CT molecular complexity index is 778. The van der Waals surface area contributed by atoms with Crippen LogP contribution in [0.3, 0.4) is 0 Å². The molecule has 0 saturated heterocycles. The number of aromatic nitrogens is 4. The van der Waals surface area contributed by atoms with E-state index in [0.717, 1.165) is 13.0 Å². The zero-order valence-electron chi connectivity index (χ0n) is 15.2. The fraction of sp³-hybridized carbons (Fsp3) is 0.500. The molecule has 1 aliphatic carbocycles. The average molecular weight is 372 g/mol. The average Bonchev–Trinajstić information content (AvgIpc) is 3.27. The Balaban J connectivity index is 1.52. The van der Waals surface area contributed by atoms with E-state index in [1.807, 2.05) is 4.57 Å². The molecule has 9 nitrogen and oxygen atoms in total. The normalized spacial score (nSPS) is 21.8. The van der Waals surface area contributed by atoms with Crippen molar-refractivity contribution in [3.05, 3.63) is 42.2 Å². The van der Waals surface area contributed by atoms with Gasteiger partial charge in [-0.2, -0.15) is 0 Å². The van der Waals surface area contributed by atoms with Gasteiger partial charge in [0.2, 0.25) is 5.91 Å². The first-order valence-corrected chi connectivity index (χ1v) is 9.11. The minimum Gasteiger partial charge on any atom is -0.391 e. The maximum atomic E-state index is 12.5. The van der Waals surface area contributed by atoms with Crippen LogP contribution in [0.25, 0.3) is 0 Å². The van der Waals surface area contributed by atoms with Gasteiger partial charge in [0, 0.05) is 30.4 Å². The lowest BCUT2D eigenvalue weighted by molar-refractivity contribution is -0.125. The second kappa shape index (κ2) is 8.72. The third-order valence-electron chi connectivity index (χ3n) is 4.74. The fourth-order valence-corrected chi connectivity index (χ4v) is 3.29. The first-order valence-electron chi connectivity index (χ1n) is 9.11. The lowest BCUT2D eigenvalue weighted by atomic mass is 10.1. The molecule has 0 aromatic carbocycles. The van der Waals surface area contributed by atoms with Gasteiger partial charge in [0.25, 0.3) is 5.91 Å². The summed E-state index contributed by atoms with van der Waals surface area (Å²) in [4.78, 5) is 28.6. The third kappa shape index (κ3) is 4.68. The predicted molar refractivity (Wildman–Crippen MR) is 96.4 cm³/mol. The van der Waals surface area contributed by atoms with Crippen molar-refractivity contribution >= 4 is 11.8 Å². The second-order valence-electron chi connectivity index (χ2n) is 6.71. The highest BCUT2D eigenvalue weighted by Gasteiger charge is 2.37. The Morgan fingerprint density at radius 3 is 2.81 bits per heavy atom. The van der Waals surface area contributed by atoms with Crippen molar-refractivity contribution in [1.82, 2.24) is 30.4 Å². The lowest BCUT2D eigenvalue weighted by Gasteiger charge is -2.16. The Kier molecular flexibility index (Phi) is 6.12. The van der Waals surface area contributed by atoms with E-state index in [0.29, 0.717) is 30.8 Å². The first-order chi connectivity index (χ1) is 13.1. The number of aliphatic hydroxyl groups excluding tert-OH is 1. The van der Waals surface area contributed by atoms with Crippen LogP contribution in [-0.2, 0) is 17.9 Å². The van der Waals surface area contributed by atoms with Crippen LogP contribution in [0.2, 0.25) is 0 Å². The number of hydrogen-bond donors (Lipinski definition) is 3.